The fourth-order valence-corrected chi connectivity index (χ4v) is 2.73. The summed E-state index contributed by atoms with van der Waals surface area (Å²) in [6.07, 6.45) is 0.699. The summed E-state index contributed by atoms with van der Waals surface area (Å²) in [4.78, 5) is 4.19. The molecule has 0 atom stereocenters. The molecule has 6 nitrogen and oxygen atoms in total. The second kappa shape index (κ2) is 12.3. The molecule has 0 aromatic heterocycles. The minimum atomic E-state index is -0.252. The molecule has 154 valence electrons. The Kier molecular flexibility index (Phi) is 10.4. The first kappa shape index (κ1) is 23.8. The van der Waals surface area contributed by atoms with Crippen molar-refractivity contribution < 1.29 is 18.6 Å². The SMILES string of the molecule is CN=C(NCCc1ccc(OC)c(OC)c1OC)NCc1cccc(F)c1.I. The third-order valence-electron chi connectivity index (χ3n) is 4.05. The zero-order valence-corrected chi connectivity index (χ0v) is 18.9. The average Bonchev–Trinajstić information content (AvgIpc) is 2.69. The van der Waals surface area contributed by atoms with E-state index in [2.05, 4.69) is 15.6 Å². The Hall–Kier alpha value is -2.23. The van der Waals surface area contributed by atoms with Crippen molar-refractivity contribution in [2.45, 2.75) is 13.0 Å². The first-order valence-electron chi connectivity index (χ1n) is 8.59. The van der Waals surface area contributed by atoms with Crippen LogP contribution in [0.15, 0.2) is 41.4 Å². The molecule has 28 heavy (non-hydrogen) atoms. The smallest absolute Gasteiger partial charge is 0.203 e. The third kappa shape index (κ3) is 6.43. The molecule has 0 aliphatic carbocycles. The van der Waals surface area contributed by atoms with E-state index in [1.54, 1.807) is 34.4 Å². The number of rotatable bonds is 8. The lowest BCUT2D eigenvalue weighted by Gasteiger charge is -2.16. The van der Waals surface area contributed by atoms with Gasteiger partial charge in [-0.05, 0) is 30.2 Å². The zero-order valence-electron chi connectivity index (χ0n) is 16.5. The number of aliphatic imine (C=N–C) groups is 1. The van der Waals surface area contributed by atoms with Crippen LogP contribution in [0.1, 0.15) is 11.1 Å². The molecule has 0 unspecified atom stereocenters. The van der Waals surface area contributed by atoms with Crippen LogP contribution in [0.5, 0.6) is 17.2 Å². The fraction of sp³-hybridized carbons (Fsp3) is 0.350. The number of hydrogen-bond donors (Lipinski definition) is 2. The molecule has 2 rings (SSSR count). The summed E-state index contributed by atoms with van der Waals surface area (Å²) in [7, 11) is 6.47. The van der Waals surface area contributed by atoms with Crippen LogP contribution in [0.2, 0.25) is 0 Å². The molecule has 2 aromatic carbocycles. The van der Waals surface area contributed by atoms with Gasteiger partial charge in [-0.1, -0.05) is 18.2 Å². The Bertz CT molecular complexity index is 787. The highest BCUT2D eigenvalue weighted by Gasteiger charge is 2.15. The minimum absolute atomic E-state index is 0. The monoisotopic (exact) mass is 503 g/mol. The number of hydrogen-bond acceptors (Lipinski definition) is 4. The Labute approximate surface area is 182 Å². The van der Waals surface area contributed by atoms with E-state index in [4.69, 9.17) is 14.2 Å². The Morgan fingerprint density at radius 3 is 2.36 bits per heavy atom. The van der Waals surface area contributed by atoms with E-state index >= 15 is 0 Å². The molecule has 0 aliphatic rings. The van der Waals surface area contributed by atoms with E-state index in [-0.39, 0.29) is 29.8 Å². The molecule has 2 aromatic rings. The van der Waals surface area contributed by atoms with Gasteiger partial charge < -0.3 is 24.8 Å². The molecule has 0 amide bonds. The van der Waals surface area contributed by atoms with E-state index in [1.165, 1.54) is 12.1 Å². The summed E-state index contributed by atoms with van der Waals surface area (Å²) >= 11 is 0. The van der Waals surface area contributed by atoms with E-state index in [0.717, 1.165) is 11.1 Å². The van der Waals surface area contributed by atoms with Crippen LogP contribution in [-0.2, 0) is 13.0 Å². The Balaban J connectivity index is 0.00000392. The number of guanidine groups is 1. The molecule has 0 saturated heterocycles. The topological polar surface area (TPSA) is 64.1 Å². The summed E-state index contributed by atoms with van der Waals surface area (Å²) in [5, 5.41) is 6.40. The zero-order chi connectivity index (χ0) is 19.6. The lowest BCUT2D eigenvalue weighted by atomic mass is 10.1. The predicted octanol–water partition coefficient (Wildman–Crippen LogP) is 3.38. The summed E-state index contributed by atoms with van der Waals surface area (Å²) in [6, 6.07) is 10.3. The van der Waals surface area contributed by atoms with Crippen LogP contribution in [0.4, 0.5) is 4.39 Å². The Morgan fingerprint density at radius 2 is 1.75 bits per heavy atom. The van der Waals surface area contributed by atoms with Gasteiger partial charge in [0.25, 0.3) is 0 Å². The molecular weight excluding hydrogens is 476 g/mol. The molecule has 0 fully saturated rings. The lowest BCUT2D eigenvalue weighted by Crippen LogP contribution is -2.37. The van der Waals surface area contributed by atoms with Gasteiger partial charge in [0.05, 0.1) is 21.3 Å². The maximum absolute atomic E-state index is 13.2. The maximum Gasteiger partial charge on any atom is 0.203 e. The van der Waals surface area contributed by atoms with Crippen molar-refractivity contribution in [3.8, 4) is 17.2 Å². The molecule has 0 saturated carbocycles. The van der Waals surface area contributed by atoms with Crippen LogP contribution in [0.3, 0.4) is 0 Å². The second-order valence-corrected chi connectivity index (χ2v) is 5.73. The third-order valence-corrected chi connectivity index (χ3v) is 4.05. The summed E-state index contributed by atoms with van der Waals surface area (Å²) in [5.41, 5.74) is 1.84. The van der Waals surface area contributed by atoms with Crippen molar-refractivity contribution in [3.63, 3.8) is 0 Å². The molecule has 0 aliphatic heterocycles. The van der Waals surface area contributed by atoms with Gasteiger partial charge in [-0.2, -0.15) is 0 Å². The van der Waals surface area contributed by atoms with Crippen LogP contribution >= 0.6 is 24.0 Å². The highest BCUT2D eigenvalue weighted by Crippen LogP contribution is 2.39. The van der Waals surface area contributed by atoms with Gasteiger partial charge in [-0.15, -0.1) is 24.0 Å². The fourth-order valence-electron chi connectivity index (χ4n) is 2.73. The van der Waals surface area contributed by atoms with Gasteiger partial charge in [0, 0.05) is 25.7 Å². The first-order valence-corrected chi connectivity index (χ1v) is 8.59. The van der Waals surface area contributed by atoms with Crippen molar-refractivity contribution in [1.82, 2.24) is 10.6 Å². The van der Waals surface area contributed by atoms with Gasteiger partial charge in [-0.25, -0.2) is 4.39 Å². The van der Waals surface area contributed by atoms with Crippen LogP contribution in [0, 0.1) is 5.82 Å². The first-order chi connectivity index (χ1) is 13.1. The number of nitrogens with one attached hydrogen (secondary N) is 2. The van der Waals surface area contributed by atoms with Gasteiger partial charge in [0.1, 0.15) is 5.82 Å². The van der Waals surface area contributed by atoms with Gasteiger partial charge >= 0.3 is 0 Å². The van der Waals surface area contributed by atoms with Crippen molar-refractivity contribution in [2.75, 3.05) is 34.9 Å². The summed E-state index contributed by atoms with van der Waals surface area (Å²) in [6.45, 7) is 1.12. The highest BCUT2D eigenvalue weighted by atomic mass is 127. The van der Waals surface area contributed by atoms with Gasteiger partial charge in [-0.3, -0.25) is 4.99 Å². The molecular formula is C20H27FIN3O3. The average molecular weight is 503 g/mol. The van der Waals surface area contributed by atoms with E-state index < -0.39 is 0 Å². The number of methoxy groups -OCH3 is 3. The normalized spacial score (nSPS) is 10.7. The van der Waals surface area contributed by atoms with Gasteiger partial charge in [0.2, 0.25) is 5.75 Å². The molecule has 2 N–H and O–H groups in total. The highest BCUT2D eigenvalue weighted by molar-refractivity contribution is 14.0. The van der Waals surface area contributed by atoms with Crippen LogP contribution < -0.4 is 24.8 Å². The maximum atomic E-state index is 13.2. The van der Waals surface area contributed by atoms with E-state index in [1.807, 2.05) is 18.2 Å². The largest absolute Gasteiger partial charge is 0.493 e. The van der Waals surface area contributed by atoms with Crippen LogP contribution in [0.25, 0.3) is 0 Å². The van der Waals surface area contributed by atoms with Gasteiger partial charge in [0.15, 0.2) is 17.5 Å². The van der Waals surface area contributed by atoms with Crippen LogP contribution in [-0.4, -0.2) is 40.9 Å². The summed E-state index contributed by atoms with van der Waals surface area (Å²) in [5.74, 6) is 2.24. The van der Waals surface area contributed by atoms with E-state index in [0.29, 0.717) is 42.7 Å². The number of nitrogens with zero attached hydrogens (tertiary/aromatic N) is 1. The minimum Gasteiger partial charge on any atom is -0.493 e. The van der Waals surface area contributed by atoms with Crippen molar-refractivity contribution >= 4 is 29.9 Å². The Morgan fingerprint density at radius 1 is 1.00 bits per heavy atom. The molecule has 0 spiro atoms. The number of halogens is 2. The second-order valence-electron chi connectivity index (χ2n) is 5.73. The van der Waals surface area contributed by atoms with Crippen molar-refractivity contribution in [2.24, 2.45) is 4.99 Å². The summed E-state index contributed by atoms with van der Waals surface area (Å²) < 4.78 is 29.4. The predicted molar refractivity (Wildman–Crippen MR) is 120 cm³/mol. The standard InChI is InChI=1S/C20H26FN3O3.HI/c1-22-20(24-13-14-6-5-7-16(21)12-14)23-11-10-15-8-9-17(25-2)19(27-4)18(15)26-3;/h5-9,12H,10-11,13H2,1-4H3,(H2,22,23,24);1H. The number of ether oxygens (including phenoxy) is 3. The van der Waals surface area contributed by atoms with E-state index in [9.17, 15) is 4.39 Å². The van der Waals surface area contributed by atoms with Crippen molar-refractivity contribution in [1.29, 1.82) is 0 Å². The lowest BCUT2D eigenvalue weighted by molar-refractivity contribution is 0.322. The quantitative estimate of drug-likeness (QED) is 0.329. The molecule has 0 radical (unpaired) electrons. The molecule has 8 heteroatoms. The molecule has 0 heterocycles. The number of benzene rings is 2. The van der Waals surface area contributed by atoms with Crippen molar-refractivity contribution in [3.05, 3.63) is 53.3 Å². The molecule has 0 bridgehead atoms.